The molecular weight excluding hydrogens is 356 g/mol. The number of aromatic nitrogens is 2. The molecule has 0 atom stereocenters. The smallest absolute Gasteiger partial charge is 0.228 e. The summed E-state index contributed by atoms with van der Waals surface area (Å²) in [6.07, 6.45) is 3.65. The molecule has 1 saturated carbocycles. The Morgan fingerprint density at radius 3 is 2.61 bits per heavy atom. The number of nitrogens with one attached hydrogen (secondary N) is 4. The lowest BCUT2D eigenvalue weighted by atomic mass is 10.1. The molecule has 2 fully saturated rings. The second kappa shape index (κ2) is 7.93. The molecule has 1 aromatic heterocycles. The van der Waals surface area contributed by atoms with Gasteiger partial charge in [0.05, 0.1) is 11.4 Å². The third kappa shape index (κ3) is 4.12. The Labute approximate surface area is 163 Å². The first-order valence-corrected chi connectivity index (χ1v) is 9.65. The van der Waals surface area contributed by atoms with Crippen LogP contribution in [0.2, 0.25) is 0 Å². The monoisotopic (exact) mass is 380 g/mol. The molecule has 1 saturated heterocycles. The van der Waals surface area contributed by atoms with E-state index in [1.165, 1.54) is 0 Å². The maximum Gasteiger partial charge on any atom is 0.228 e. The number of nitrogens with zero attached hydrogens (tertiary/aromatic N) is 2. The summed E-state index contributed by atoms with van der Waals surface area (Å²) < 4.78 is 0. The fraction of sp³-hybridized carbons (Fsp3) is 0.400. The molecule has 2 aromatic rings. The first-order chi connectivity index (χ1) is 13.6. The van der Waals surface area contributed by atoms with Gasteiger partial charge in [-0.25, -0.2) is 0 Å². The SMILES string of the molecule is N=C(NC(=O)C1CC1)c1nnc(-c2ccccc2O)cc1NC1CCNCC1. The number of amidine groups is 1. The Hall–Kier alpha value is -3.00. The summed E-state index contributed by atoms with van der Waals surface area (Å²) in [5.41, 5.74) is 2.04. The van der Waals surface area contributed by atoms with E-state index in [2.05, 4.69) is 26.1 Å². The molecule has 146 valence electrons. The van der Waals surface area contributed by atoms with Crippen LogP contribution in [0.1, 0.15) is 31.4 Å². The molecule has 0 spiro atoms. The number of benzene rings is 1. The van der Waals surface area contributed by atoms with E-state index >= 15 is 0 Å². The number of carbonyl (C=O) groups is 1. The molecule has 2 aliphatic rings. The summed E-state index contributed by atoms with van der Waals surface area (Å²) in [4.78, 5) is 12.1. The van der Waals surface area contributed by atoms with Crippen LogP contribution >= 0.6 is 0 Å². The Bertz CT molecular complexity index is 890. The van der Waals surface area contributed by atoms with Gasteiger partial charge in [0.1, 0.15) is 5.75 Å². The lowest BCUT2D eigenvalue weighted by Gasteiger charge is -2.25. The van der Waals surface area contributed by atoms with Gasteiger partial charge in [0.2, 0.25) is 5.91 Å². The minimum Gasteiger partial charge on any atom is -0.507 e. The molecule has 1 aliphatic carbocycles. The van der Waals surface area contributed by atoms with Crippen molar-refractivity contribution in [3.8, 4) is 17.0 Å². The third-order valence-corrected chi connectivity index (χ3v) is 5.11. The molecule has 28 heavy (non-hydrogen) atoms. The second-order valence-corrected chi connectivity index (χ2v) is 7.32. The molecular formula is C20H24N6O2. The van der Waals surface area contributed by atoms with E-state index in [1.54, 1.807) is 24.3 Å². The Morgan fingerprint density at radius 2 is 1.89 bits per heavy atom. The van der Waals surface area contributed by atoms with Crippen molar-refractivity contribution in [1.82, 2.24) is 20.8 Å². The van der Waals surface area contributed by atoms with Gasteiger partial charge in [0, 0.05) is 17.5 Å². The van der Waals surface area contributed by atoms with Crippen molar-refractivity contribution in [2.24, 2.45) is 5.92 Å². The number of para-hydroxylation sites is 1. The number of phenolic OH excluding ortho intramolecular Hbond substituents is 1. The van der Waals surface area contributed by atoms with Crippen molar-refractivity contribution in [1.29, 1.82) is 5.41 Å². The summed E-state index contributed by atoms with van der Waals surface area (Å²) in [6.45, 7) is 1.85. The first kappa shape index (κ1) is 18.4. The van der Waals surface area contributed by atoms with Crippen molar-refractivity contribution < 1.29 is 9.90 Å². The third-order valence-electron chi connectivity index (χ3n) is 5.11. The topological polar surface area (TPSA) is 123 Å². The Kier molecular flexibility index (Phi) is 5.21. The van der Waals surface area contributed by atoms with Crippen LogP contribution in [0.25, 0.3) is 11.3 Å². The predicted molar refractivity (Wildman–Crippen MR) is 106 cm³/mol. The van der Waals surface area contributed by atoms with Crippen LogP contribution in [0.15, 0.2) is 30.3 Å². The van der Waals surface area contributed by atoms with Crippen LogP contribution < -0.4 is 16.0 Å². The average molecular weight is 380 g/mol. The highest BCUT2D eigenvalue weighted by atomic mass is 16.3. The maximum absolute atomic E-state index is 12.1. The van der Waals surface area contributed by atoms with Gasteiger partial charge >= 0.3 is 0 Å². The van der Waals surface area contributed by atoms with Crippen molar-refractivity contribution in [2.45, 2.75) is 31.7 Å². The number of aromatic hydroxyl groups is 1. The lowest BCUT2D eigenvalue weighted by Crippen LogP contribution is -2.37. The molecule has 8 nitrogen and oxygen atoms in total. The molecule has 4 rings (SSSR count). The van der Waals surface area contributed by atoms with Crippen molar-refractivity contribution in [3.63, 3.8) is 0 Å². The summed E-state index contributed by atoms with van der Waals surface area (Å²) in [5.74, 6) is -0.0572. The molecule has 1 aliphatic heterocycles. The average Bonchev–Trinajstić information content (AvgIpc) is 3.54. The molecule has 2 heterocycles. The highest BCUT2D eigenvalue weighted by Gasteiger charge is 2.31. The molecule has 0 bridgehead atoms. The first-order valence-electron chi connectivity index (χ1n) is 9.65. The van der Waals surface area contributed by atoms with E-state index in [4.69, 9.17) is 5.41 Å². The normalized spacial score (nSPS) is 17.1. The molecule has 1 amide bonds. The fourth-order valence-corrected chi connectivity index (χ4v) is 3.32. The number of anilines is 1. The van der Waals surface area contributed by atoms with E-state index in [-0.39, 0.29) is 29.5 Å². The zero-order chi connectivity index (χ0) is 19.5. The fourth-order valence-electron chi connectivity index (χ4n) is 3.32. The molecule has 1 aromatic carbocycles. The van der Waals surface area contributed by atoms with Gasteiger partial charge in [-0.3, -0.25) is 10.2 Å². The molecule has 5 N–H and O–H groups in total. The quantitative estimate of drug-likeness (QED) is 0.399. The van der Waals surface area contributed by atoms with E-state index in [1.807, 2.05) is 6.07 Å². The lowest BCUT2D eigenvalue weighted by molar-refractivity contribution is -0.120. The number of amides is 1. The Morgan fingerprint density at radius 1 is 1.14 bits per heavy atom. The van der Waals surface area contributed by atoms with Gasteiger partial charge < -0.3 is 21.1 Å². The van der Waals surface area contributed by atoms with Crippen molar-refractivity contribution in [3.05, 3.63) is 36.0 Å². The minimum atomic E-state index is -0.135. The zero-order valence-corrected chi connectivity index (χ0v) is 15.5. The van der Waals surface area contributed by atoms with Crippen LogP contribution in [-0.4, -0.2) is 46.2 Å². The second-order valence-electron chi connectivity index (χ2n) is 7.32. The highest BCUT2D eigenvalue weighted by Crippen LogP contribution is 2.31. The number of hydrogen-bond donors (Lipinski definition) is 5. The van der Waals surface area contributed by atoms with Crippen LogP contribution in [0, 0.1) is 11.3 Å². The van der Waals surface area contributed by atoms with Gasteiger partial charge in [0.25, 0.3) is 0 Å². The maximum atomic E-state index is 12.1. The summed E-state index contributed by atoms with van der Waals surface area (Å²) in [7, 11) is 0. The van der Waals surface area contributed by atoms with Crippen molar-refractivity contribution in [2.75, 3.05) is 18.4 Å². The van der Waals surface area contributed by atoms with Crippen LogP contribution in [0.5, 0.6) is 5.75 Å². The zero-order valence-electron chi connectivity index (χ0n) is 15.5. The van der Waals surface area contributed by atoms with E-state index in [9.17, 15) is 9.90 Å². The number of phenols is 1. The molecule has 0 radical (unpaired) electrons. The number of piperidine rings is 1. The van der Waals surface area contributed by atoms with Gasteiger partial charge in [-0.2, -0.15) is 0 Å². The Balaban J connectivity index is 1.64. The van der Waals surface area contributed by atoms with Gasteiger partial charge in [-0.05, 0) is 57.0 Å². The number of carbonyl (C=O) groups excluding carboxylic acids is 1. The summed E-state index contributed by atoms with van der Waals surface area (Å²) in [6, 6.07) is 8.97. The number of rotatable bonds is 5. The van der Waals surface area contributed by atoms with E-state index < -0.39 is 0 Å². The van der Waals surface area contributed by atoms with E-state index in [0.29, 0.717) is 22.6 Å². The summed E-state index contributed by atoms with van der Waals surface area (Å²) in [5, 5.41) is 36.3. The van der Waals surface area contributed by atoms with Crippen LogP contribution in [0.4, 0.5) is 5.69 Å². The van der Waals surface area contributed by atoms with E-state index in [0.717, 1.165) is 38.8 Å². The molecule has 0 unspecified atom stereocenters. The minimum absolute atomic E-state index is 0.00896. The van der Waals surface area contributed by atoms with Crippen molar-refractivity contribution >= 4 is 17.4 Å². The highest BCUT2D eigenvalue weighted by molar-refractivity contribution is 6.09. The van der Waals surface area contributed by atoms with Gasteiger partial charge in [0.15, 0.2) is 11.5 Å². The van der Waals surface area contributed by atoms with Crippen LogP contribution in [-0.2, 0) is 4.79 Å². The summed E-state index contributed by atoms with van der Waals surface area (Å²) >= 11 is 0. The van der Waals surface area contributed by atoms with Crippen LogP contribution in [0.3, 0.4) is 0 Å². The molecule has 8 heteroatoms. The standard InChI is InChI=1S/C20H24N6O2/c21-19(24-20(28)12-5-6-12)18-16(23-13-7-9-22-10-8-13)11-15(25-26-18)14-3-1-2-4-17(14)27/h1-4,11-13,22,27H,5-10H2,(H,23,25)(H2,21,24,28). The van der Waals surface area contributed by atoms with Gasteiger partial charge in [-0.1, -0.05) is 12.1 Å². The number of hydrogen-bond acceptors (Lipinski definition) is 7. The largest absolute Gasteiger partial charge is 0.507 e. The predicted octanol–water partition coefficient (Wildman–Crippen LogP) is 1.86. The van der Waals surface area contributed by atoms with Gasteiger partial charge in [-0.15, -0.1) is 10.2 Å².